The highest BCUT2D eigenvalue weighted by Crippen LogP contribution is 2.36. The van der Waals surface area contributed by atoms with Crippen molar-refractivity contribution in [2.45, 2.75) is 31.9 Å². The van der Waals surface area contributed by atoms with Gasteiger partial charge in [0.15, 0.2) is 0 Å². The number of hydrogen-bond donors (Lipinski definition) is 1. The fraction of sp³-hybridized carbons (Fsp3) is 0.158. The molecule has 0 saturated heterocycles. The molecule has 6 aromatic rings. The van der Waals surface area contributed by atoms with Gasteiger partial charge in [-0.1, -0.05) is 97.1 Å². The maximum absolute atomic E-state index is 13.5. The average Bonchev–Trinajstić information content (AvgIpc) is 3.42. The second kappa shape index (κ2) is 13.7. The van der Waals surface area contributed by atoms with E-state index in [1.165, 1.54) is 5.56 Å². The van der Waals surface area contributed by atoms with Gasteiger partial charge in [-0.2, -0.15) is 0 Å². The molecule has 0 fully saturated rings. The van der Waals surface area contributed by atoms with Crippen LogP contribution in [0, 0.1) is 0 Å². The summed E-state index contributed by atoms with van der Waals surface area (Å²) in [4.78, 5) is 17.8. The second-order valence-electron chi connectivity index (χ2n) is 10.7. The monoisotopic (exact) mass is 565 g/mol. The van der Waals surface area contributed by atoms with Crippen LogP contribution in [0.5, 0.6) is 5.75 Å². The molecule has 1 amide bonds. The van der Waals surface area contributed by atoms with Gasteiger partial charge in [0.05, 0.1) is 0 Å². The van der Waals surface area contributed by atoms with Crippen LogP contribution in [0.15, 0.2) is 140 Å². The Morgan fingerprint density at radius 1 is 0.791 bits per heavy atom. The van der Waals surface area contributed by atoms with Gasteiger partial charge in [0.25, 0.3) is 0 Å². The summed E-state index contributed by atoms with van der Waals surface area (Å²) in [6, 6.07) is 43.1. The quantitative estimate of drug-likeness (QED) is 0.167. The predicted octanol–water partition coefficient (Wildman–Crippen LogP) is 7.54. The van der Waals surface area contributed by atoms with Gasteiger partial charge >= 0.3 is 0 Å². The van der Waals surface area contributed by atoms with Gasteiger partial charge in [-0.25, -0.2) is 0 Å². The van der Waals surface area contributed by atoms with E-state index >= 15 is 0 Å². The van der Waals surface area contributed by atoms with Crippen LogP contribution in [0.1, 0.15) is 40.3 Å². The minimum absolute atomic E-state index is 0.0106. The molecule has 2 aromatic heterocycles. The molecule has 43 heavy (non-hydrogen) atoms. The first-order valence-electron chi connectivity index (χ1n) is 14.8. The van der Waals surface area contributed by atoms with Crippen LogP contribution >= 0.6 is 0 Å². The Bertz CT molecular complexity index is 1770. The van der Waals surface area contributed by atoms with Crippen molar-refractivity contribution in [3.63, 3.8) is 0 Å². The number of para-hydroxylation sites is 1. The minimum atomic E-state index is -0.156. The molecule has 1 unspecified atom stereocenters. The number of nitrogens with one attached hydrogen (secondary N) is 1. The van der Waals surface area contributed by atoms with Crippen LogP contribution in [-0.2, 0) is 24.4 Å². The van der Waals surface area contributed by atoms with E-state index < -0.39 is 0 Å². The summed E-state index contributed by atoms with van der Waals surface area (Å²) >= 11 is 0. The Kier molecular flexibility index (Phi) is 8.89. The maximum Gasteiger partial charge on any atom is 0.220 e. The lowest BCUT2D eigenvalue weighted by Gasteiger charge is -2.18. The van der Waals surface area contributed by atoms with Crippen molar-refractivity contribution in [1.82, 2.24) is 14.9 Å². The maximum atomic E-state index is 13.5. The molecular weight excluding hydrogens is 530 g/mol. The Balaban J connectivity index is 1.30. The van der Waals surface area contributed by atoms with Crippen LogP contribution in [0.3, 0.4) is 0 Å². The molecule has 1 atom stereocenters. The largest absolute Gasteiger partial charge is 0.489 e. The summed E-state index contributed by atoms with van der Waals surface area (Å²) in [7, 11) is 0. The first kappa shape index (κ1) is 28.0. The van der Waals surface area contributed by atoms with Crippen LogP contribution < -0.4 is 10.1 Å². The number of nitrogens with zero attached hydrogens (tertiary/aromatic N) is 2. The lowest BCUT2D eigenvalue weighted by molar-refractivity contribution is -0.121. The molecule has 0 aliphatic heterocycles. The van der Waals surface area contributed by atoms with Gasteiger partial charge in [0, 0.05) is 60.8 Å². The van der Waals surface area contributed by atoms with E-state index in [2.05, 4.69) is 93.9 Å². The number of amides is 1. The van der Waals surface area contributed by atoms with E-state index in [-0.39, 0.29) is 11.8 Å². The summed E-state index contributed by atoms with van der Waals surface area (Å²) in [5, 5.41) is 4.29. The average molecular weight is 566 g/mol. The molecule has 0 radical (unpaired) electrons. The molecule has 0 aliphatic carbocycles. The summed E-state index contributed by atoms with van der Waals surface area (Å²) in [5.41, 5.74) is 6.64. The zero-order valence-corrected chi connectivity index (χ0v) is 24.1. The number of hydrogen-bond acceptors (Lipinski definition) is 3. The molecular formula is C38H35N3O2. The fourth-order valence-electron chi connectivity index (χ4n) is 5.57. The molecule has 0 spiro atoms. The highest BCUT2D eigenvalue weighted by Gasteiger charge is 2.23. The van der Waals surface area contributed by atoms with Gasteiger partial charge in [-0.3, -0.25) is 9.78 Å². The van der Waals surface area contributed by atoms with Gasteiger partial charge in [-0.05, 0) is 52.6 Å². The molecule has 0 saturated carbocycles. The van der Waals surface area contributed by atoms with E-state index in [1.807, 2.05) is 54.6 Å². The highest BCUT2D eigenvalue weighted by atomic mass is 16.5. The first-order chi connectivity index (χ1) is 21.2. The second-order valence-corrected chi connectivity index (χ2v) is 10.7. The molecule has 1 N–H and O–H groups in total. The van der Waals surface area contributed by atoms with Gasteiger partial charge in [0.1, 0.15) is 12.4 Å². The van der Waals surface area contributed by atoms with Crippen molar-refractivity contribution in [3.8, 4) is 5.75 Å². The molecule has 4 aromatic carbocycles. The van der Waals surface area contributed by atoms with Crippen molar-refractivity contribution in [1.29, 1.82) is 0 Å². The zero-order valence-electron chi connectivity index (χ0n) is 24.1. The Hall–Kier alpha value is -5.16. The van der Waals surface area contributed by atoms with Crippen LogP contribution in [0.2, 0.25) is 0 Å². The number of pyridine rings is 1. The summed E-state index contributed by atoms with van der Waals surface area (Å²) in [6.07, 6.45) is 5.02. The number of benzene rings is 4. The normalized spacial score (nSPS) is 11.7. The molecule has 2 heterocycles. The number of fused-ring (bicyclic) bond motifs is 1. The number of ether oxygens (including phenoxy) is 1. The van der Waals surface area contributed by atoms with Crippen molar-refractivity contribution in [3.05, 3.63) is 168 Å². The lowest BCUT2D eigenvalue weighted by atomic mass is 9.88. The third-order valence-corrected chi connectivity index (χ3v) is 7.72. The standard InChI is InChI=1S/C38H35N3O2/c42-38(40-23-21-32-17-9-10-22-39-32)25-35(31-16-11-18-33(24-31)43-28-30-14-5-2-6-15-30)36-27-41(26-29-12-3-1-4-13-29)37-20-8-7-19-34(36)37/h1-20,22,24,27,35H,21,23,25-26,28H2,(H,40,42). The van der Waals surface area contributed by atoms with Crippen molar-refractivity contribution in [2.24, 2.45) is 0 Å². The van der Waals surface area contributed by atoms with Gasteiger partial charge < -0.3 is 14.6 Å². The molecule has 0 aliphatic rings. The van der Waals surface area contributed by atoms with E-state index in [9.17, 15) is 4.79 Å². The molecule has 6 rings (SSSR count). The van der Waals surface area contributed by atoms with E-state index in [0.717, 1.165) is 45.6 Å². The number of carbonyl (C=O) groups is 1. The van der Waals surface area contributed by atoms with Crippen LogP contribution in [0.4, 0.5) is 0 Å². The number of aromatic nitrogens is 2. The number of rotatable bonds is 12. The van der Waals surface area contributed by atoms with E-state index in [4.69, 9.17) is 4.74 Å². The Morgan fingerprint density at radius 3 is 2.33 bits per heavy atom. The Morgan fingerprint density at radius 2 is 1.53 bits per heavy atom. The molecule has 0 bridgehead atoms. The Labute approximate surface area is 252 Å². The summed E-state index contributed by atoms with van der Waals surface area (Å²) < 4.78 is 8.49. The third kappa shape index (κ3) is 7.19. The molecule has 5 nitrogen and oxygen atoms in total. The van der Waals surface area contributed by atoms with Gasteiger partial charge in [0.2, 0.25) is 5.91 Å². The van der Waals surface area contributed by atoms with Crippen molar-refractivity contribution in [2.75, 3.05) is 6.54 Å². The highest BCUT2D eigenvalue weighted by molar-refractivity contribution is 5.87. The third-order valence-electron chi connectivity index (χ3n) is 7.72. The SMILES string of the molecule is O=C(CC(c1cccc(OCc2ccccc2)c1)c1cn(Cc2ccccc2)c2ccccc12)NCCc1ccccn1. The smallest absolute Gasteiger partial charge is 0.220 e. The zero-order chi connectivity index (χ0) is 29.3. The lowest BCUT2D eigenvalue weighted by Crippen LogP contribution is -2.27. The first-order valence-corrected chi connectivity index (χ1v) is 14.8. The van der Waals surface area contributed by atoms with Crippen LogP contribution in [0.25, 0.3) is 10.9 Å². The van der Waals surface area contributed by atoms with Crippen molar-refractivity contribution < 1.29 is 9.53 Å². The predicted molar refractivity (Wildman–Crippen MR) is 172 cm³/mol. The fourth-order valence-corrected chi connectivity index (χ4v) is 5.57. The van der Waals surface area contributed by atoms with Crippen molar-refractivity contribution >= 4 is 16.8 Å². The summed E-state index contributed by atoms with van der Waals surface area (Å²) in [6.45, 7) is 1.78. The topological polar surface area (TPSA) is 56.1 Å². The summed E-state index contributed by atoms with van der Waals surface area (Å²) in [5.74, 6) is 0.642. The number of carbonyl (C=O) groups excluding carboxylic acids is 1. The van der Waals surface area contributed by atoms with Gasteiger partial charge in [-0.15, -0.1) is 0 Å². The molecule has 5 heteroatoms. The minimum Gasteiger partial charge on any atom is -0.489 e. The van der Waals surface area contributed by atoms with Crippen LogP contribution in [-0.4, -0.2) is 22.0 Å². The molecule has 214 valence electrons. The van der Waals surface area contributed by atoms with E-state index in [0.29, 0.717) is 26.0 Å². The van der Waals surface area contributed by atoms with E-state index in [1.54, 1.807) is 6.20 Å².